The lowest BCUT2D eigenvalue weighted by Crippen LogP contribution is -2.00. The van der Waals surface area contributed by atoms with E-state index in [-0.39, 0.29) is 0 Å². The summed E-state index contributed by atoms with van der Waals surface area (Å²) < 4.78 is 9.23. The Hall–Kier alpha value is -6.85. The molecule has 5 heteroatoms. The van der Waals surface area contributed by atoms with Gasteiger partial charge in [-0.15, -0.1) is 0 Å². The minimum absolute atomic E-state index is 0.594. The smallest absolute Gasteiger partial charge is 0.164 e. The van der Waals surface area contributed by atoms with Crippen molar-refractivity contribution in [2.24, 2.45) is 0 Å². The van der Waals surface area contributed by atoms with E-state index in [0.29, 0.717) is 17.5 Å². The van der Waals surface area contributed by atoms with E-state index < -0.39 is 0 Å². The standard InChI is InChI=1S/C45H28N4O/c1-4-14-29(15-5-1)33-26-27-37(45-47-43(30-16-6-2-7-17-30)46-44(48-45)31-18-8-3-9-19-31)41-36-25-24-32(28-40(36)50-42(33)41)49-38-22-12-10-20-34(38)35-21-11-13-23-39(35)49/h1-28H. The summed E-state index contributed by atoms with van der Waals surface area (Å²) in [6.07, 6.45) is 0. The van der Waals surface area contributed by atoms with Crippen LogP contribution in [0.5, 0.6) is 0 Å². The molecule has 0 radical (unpaired) electrons. The van der Waals surface area contributed by atoms with Gasteiger partial charge in [0.25, 0.3) is 0 Å². The molecular formula is C45H28N4O. The van der Waals surface area contributed by atoms with Crippen LogP contribution in [0.1, 0.15) is 0 Å². The second-order valence-corrected chi connectivity index (χ2v) is 12.4. The largest absolute Gasteiger partial charge is 0.455 e. The highest BCUT2D eigenvalue weighted by Crippen LogP contribution is 2.43. The quantitative estimate of drug-likeness (QED) is 0.188. The fourth-order valence-electron chi connectivity index (χ4n) is 7.17. The van der Waals surface area contributed by atoms with Crippen molar-refractivity contribution >= 4 is 43.7 Å². The maximum Gasteiger partial charge on any atom is 0.164 e. The predicted octanol–water partition coefficient (Wildman–Crippen LogP) is 11.5. The molecule has 50 heavy (non-hydrogen) atoms. The fourth-order valence-corrected chi connectivity index (χ4v) is 7.17. The molecule has 0 amide bonds. The molecular weight excluding hydrogens is 613 g/mol. The van der Waals surface area contributed by atoms with Gasteiger partial charge in [-0.3, -0.25) is 0 Å². The van der Waals surface area contributed by atoms with Gasteiger partial charge in [-0.1, -0.05) is 127 Å². The van der Waals surface area contributed by atoms with Crippen molar-refractivity contribution in [3.63, 3.8) is 0 Å². The van der Waals surface area contributed by atoms with Gasteiger partial charge in [0.15, 0.2) is 17.5 Å². The van der Waals surface area contributed by atoms with Gasteiger partial charge in [0.05, 0.1) is 11.0 Å². The normalized spacial score (nSPS) is 11.6. The number of rotatable bonds is 5. The second-order valence-electron chi connectivity index (χ2n) is 12.4. The van der Waals surface area contributed by atoms with Crippen molar-refractivity contribution in [3.8, 4) is 51.0 Å². The number of nitrogens with zero attached hydrogens (tertiary/aromatic N) is 4. The Kier molecular flexibility index (Phi) is 6.42. The zero-order chi connectivity index (χ0) is 33.0. The van der Waals surface area contributed by atoms with E-state index in [1.807, 2.05) is 66.7 Å². The lowest BCUT2D eigenvalue weighted by Gasteiger charge is -2.11. The molecule has 7 aromatic carbocycles. The summed E-state index contributed by atoms with van der Waals surface area (Å²) in [5.74, 6) is 1.84. The average molecular weight is 641 g/mol. The number of para-hydroxylation sites is 2. The fraction of sp³-hybridized carbons (Fsp3) is 0. The van der Waals surface area contributed by atoms with E-state index in [2.05, 4.69) is 108 Å². The third-order valence-electron chi connectivity index (χ3n) is 9.47. The highest BCUT2D eigenvalue weighted by Gasteiger charge is 2.22. The number of aromatic nitrogens is 4. The van der Waals surface area contributed by atoms with E-state index in [0.717, 1.165) is 66.5 Å². The highest BCUT2D eigenvalue weighted by atomic mass is 16.3. The summed E-state index contributed by atoms with van der Waals surface area (Å²) >= 11 is 0. The molecule has 234 valence electrons. The van der Waals surface area contributed by atoms with Crippen LogP contribution in [-0.2, 0) is 0 Å². The van der Waals surface area contributed by atoms with E-state index in [9.17, 15) is 0 Å². The number of fused-ring (bicyclic) bond motifs is 6. The first kappa shape index (κ1) is 28.2. The molecule has 0 N–H and O–H groups in total. The molecule has 0 saturated carbocycles. The van der Waals surface area contributed by atoms with Gasteiger partial charge in [0, 0.05) is 55.6 Å². The molecule has 0 fully saturated rings. The lowest BCUT2D eigenvalue weighted by atomic mass is 9.98. The summed E-state index contributed by atoms with van der Waals surface area (Å²) in [5.41, 5.74) is 9.78. The van der Waals surface area contributed by atoms with Crippen LogP contribution in [0, 0.1) is 0 Å². The van der Waals surface area contributed by atoms with Crippen LogP contribution < -0.4 is 0 Å². The Labute approximate surface area is 287 Å². The first-order valence-corrected chi connectivity index (χ1v) is 16.7. The summed E-state index contributed by atoms with van der Waals surface area (Å²) in [6.45, 7) is 0. The Morgan fingerprint density at radius 1 is 0.400 bits per heavy atom. The Morgan fingerprint density at radius 3 is 1.50 bits per heavy atom. The van der Waals surface area contributed by atoms with Crippen molar-refractivity contribution in [2.75, 3.05) is 0 Å². The van der Waals surface area contributed by atoms with Crippen molar-refractivity contribution in [3.05, 3.63) is 170 Å². The van der Waals surface area contributed by atoms with Gasteiger partial charge in [0.2, 0.25) is 0 Å². The molecule has 0 atom stereocenters. The first-order chi connectivity index (χ1) is 24.8. The monoisotopic (exact) mass is 640 g/mol. The Bertz CT molecular complexity index is 2750. The van der Waals surface area contributed by atoms with Crippen LogP contribution in [0.4, 0.5) is 0 Å². The number of hydrogen-bond acceptors (Lipinski definition) is 4. The SMILES string of the molecule is c1ccc(-c2nc(-c3ccccc3)nc(-c3ccc(-c4ccccc4)c4oc5cc(-n6c7ccccc7c7ccccc76)ccc5c34)n2)cc1. The van der Waals surface area contributed by atoms with Gasteiger partial charge < -0.3 is 8.98 Å². The third-order valence-corrected chi connectivity index (χ3v) is 9.47. The summed E-state index contributed by atoms with van der Waals surface area (Å²) in [4.78, 5) is 15.1. The molecule has 0 unspecified atom stereocenters. The van der Waals surface area contributed by atoms with Gasteiger partial charge in [-0.2, -0.15) is 0 Å². The number of furan rings is 1. The first-order valence-electron chi connectivity index (χ1n) is 16.7. The van der Waals surface area contributed by atoms with Crippen LogP contribution in [-0.4, -0.2) is 19.5 Å². The molecule has 0 aliphatic heterocycles. The highest BCUT2D eigenvalue weighted by molar-refractivity contribution is 6.16. The van der Waals surface area contributed by atoms with Crippen molar-refractivity contribution in [1.29, 1.82) is 0 Å². The van der Waals surface area contributed by atoms with Crippen LogP contribution in [0.2, 0.25) is 0 Å². The van der Waals surface area contributed by atoms with Crippen molar-refractivity contribution < 1.29 is 4.42 Å². The van der Waals surface area contributed by atoms with Crippen molar-refractivity contribution in [2.45, 2.75) is 0 Å². The zero-order valence-corrected chi connectivity index (χ0v) is 26.9. The Balaban J connectivity index is 1.25. The molecule has 3 aromatic heterocycles. The van der Waals surface area contributed by atoms with Crippen molar-refractivity contribution in [1.82, 2.24) is 19.5 Å². The second kappa shape index (κ2) is 11.4. The van der Waals surface area contributed by atoms with E-state index in [4.69, 9.17) is 19.4 Å². The topological polar surface area (TPSA) is 56.7 Å². The van der Waals surface area contributed by atoms with E-state index >= 15 is 0 Å². The summed E-state index contributed by atoms with van der Waals surface area (Å²) in [7, 11) is 0. The molecule has 0 aliphatic rings. The average Bonchev–Trinajstić information content (AvgIpc) is 3.74. The van der Waals surface area contributed by atoms with Crippen LogP contribution in [0.15, 0.2) is 174 Å². The van der Waals surface area contributed by atoms with Gasteiger partial charge >= 0.3 is 0 Å². The minimum atomic E-state index is 0.594. The molecule has 0 aliphatic carbocycles. The predicted molar refractivity (Wildman–Crippen MR) is 203 cm³/mol. The van der Waals surface area contributed by atoms with Gasteiger partial charge in [-0.05, 0) is 42.0 Å². The van der Waals surface area contributed by atoms with E-state index in [1.165, 1.54) is 10.8 Å². The summed E-state index contributed by atoms with van der Waals surface area (Å²) in [5, 5.41) is 4.42. The molecule has 10 rings (SSSR count). The molecule has 10 aromatic rings. The number of hydrogen-bond donors (Lipinski definition) is 0. The van der Waals surface area contributed by atoms with Crippen LogP contribution in [0.25, 0.3) is 94.7 Å². The van der Waals surface area contributed by atoms with Crippen LogP contribution >= 0.6 is 0 Å². The molecule has 0 spiro atoms. The van der Waals surface area contributed by atoms with Crippen LogP contribution in [0.3, 0.4) is 0 Å². The molecule has 0 bridgehead atoms. The Morgan fingerprint density at radius 2 is 0.900 bits per heavy atom. The maximum atomic E-state index is 6.91. The number of benzene rings is 7. The maximum absolute atomic E-state index is 6.91. The van der Waals surface area contributed by atoms with Gasteiger partial charge in [0.1, 0.15) is 11.2 Å². The third kappa shape index (κ3) is 4.52. The summed E-state index contributed by atoms with van der Waals surface area (Å²) in [6, 6.07) is 58.4. The molecule has 0 saturated heterocycles. The molecule has 5 nitrogen and oxygen atoms in total. The zero-order valence-electron chi connectivity index (χ0n) is 26.9. The molecule has 3 heterocycles. The minimum Gasteiger partial charge on any atom is -0.455 e. The lowest BCUT2D eigenvalue weighted by molar-refractivity contribution is 0.669. The van der Waals surface area contributed by atoms with Gasteiger partial charge in [-0.25, -0.2) is 15.0 Å². The van der Waals surface area contributed by atoms with E-state index in [1.54, 1.807) is 0 Å².